The summed E-state index contributed by atoms with van der Waals surface area (Å²) in [6.07, 6.45) is 3.37. The summed E-state index contributed by atoms with van der Waals surface area (Å²) in [4.78, 5) is 11.9. The lowest BCUT2D eigenvalue weighted by Gasteiger charge is -2.01. The fourth-order valence-corrected chi connectivity index (χ4v) is 4.94. The van der Waals surface area contributed by atoms with Gasteiger partial charge in [0.25, 0.3) is 5.91 Å². The SMILES string of the molecule is C[S+]([O-])c1sc(C(N)=O)c2ccc3cnsc3c12. The zero-order chi connectivity index (χ0) is 12.9. The minimum absolute atomic E-state index is 0.463. The van der Waals surface area contributed by atoms with Gasteiger partial charge in [-0.15, -0.1) is 0 Å². The van der Waals surface area contributed by atoms with E-state index in [0.29, 0.717) is 9.09 Å². The molecule has 2 N–H and O–H groups in total. The largest absolute Gasteiger partial charge is 0.611 e. The number of amides is 1. The van der Waals surface area contributed by atoms with Gasteiger partial charge >= 0.3 is 0 Å². The molecule has 0 radical (unpaired) electrons. The van der Waals surface area contributed by atoms with Crippen molar-refractivity contribution in [2.75, 3.05) is 6.26 Å². The summed E-state index contributed by atoms with van der Waals surface area (Å²) >= 11 is 1.41. The molecule has 0 saturated carbocycles. The normalized spacial score (nSPS) is 13.2. The van der Waals surface area contributed by atoms with Gasteiger partial charge in [0.2, 0.25) is 4.21 Å². The molecule has 1 unspecified atom stereocenters. The molecule has 0 aliphatic rings. The monoisotopic (exact) mass is 296 g/mol. The predicted octanol–water partition coefficient (Wildman–Crippen LogP) is 2.35. The van der Waals surface area contributed by atoms with Crippen LogP contribution in [0, 0.1) is 0 Å². The fraction of sp³-hybridized carbons (Fsp3) is 0.0909. The number of carbonyl (C=O) groups is 1. The first-order chi connectivity index (χ1) is 8.59. The maximum atomic E-state index is 11.8. The van der Waals surface area contributed by atoms with Gasteiger partial charge in [-0.1, -0.05) is 23.5 Å². The van der Waals surface area contributed by atoms with Gasteiger partial charge in [0.1, 0.15) is 11.1 Å². The molecule has 0 aliphatic heterocycles. The molecule has 0 spiro atoms. The Hall–Kier alpha value is -1.15. The van der Waals surface area contributed by atoms with Crippen LogP contribution in [0.15, 0.2) is 22.5 Å². The summed E-state index contributed by atoms with van der Waals surface area (Å²) in [5.41, 5.74) is 5.37. The highest BCUT2D eigenvalue weighted by Gasteiger charge is 2.23. The first-order valence-corrected chi connectivity index (χ1v) is 8.17. The molecule has 1 atom stereocenters. The number of fused-ring (bicyclic) bond motifs is 3. The number of primary amides is 1. The van der Waals surface area contributed by atoms with E-state index in [9.17, 15) is 9.35 Å². The van der Waals surface area contributed by atoms with Crippen LogP contribution in [0.1, 0.15) is 9.67 Å². The Bertz CT molecular complexity index is 760. The first-order valence-electron chi connectivity index (χ1n) is 5.02. The van der Waals surface area contributed by atoms with Gasteiger partial charge in [0.05, 0.1) is 10.1 Å². The van der Waals surface area contributed by atoms with Gasteiger partial charge in [-0.25, -0.2) is 0 Å². The number of hydrogen-bond donors (Lipinski definition) is 1. The van der Waals surface area contributed by atoms with Crippen LogP contribution in [0.3, 0.4) is 0 Å². The first kappa shape index (κ1) is 11.9. The number of aromatic nitrogens is 1. The number of benzene rings is 1. The Balaban J connectivity index is 2.52. The number of carbonyl (C=O) groups excluding carboxylic acids is 1. The van der Waals surface area contributed by atoms with E-state index >= 15 is 0 Å². The summed E-state index contributed by atoms with van der Waals surface area (Å²) in [5, 5.41) is 2.62. The number of hydrogen-bond acceptors (Lipinski definition) is 5. The number of rotatable bonds is 2. The number of nitrogens with zero attached hydrogens (tertiary/aromatic N) is 1. The molecule has 0 aliphatic carbocycles. The number of thiophene rings is 1. The average molecular weight is 296 g/mol. The third-order valence-electron chi connectivity index (χ3n) is 2.65. The lowest BCUT2D eigenvalue weighted by Crippen LogP contribution is -2.08. The van der Waals surface area contributed by atoms with Crippen molar-refractivity contribution in [3.05, 3.63) is 23.2 Å². The van der Waals surface area contributed by atoms with E-state index in [0.717, 1.165) is 20.9 Å². The standard InChI is InChI=1S/C11H8N2O2S3/c1-18(15)11-7-6(9(16-11)10(12)14)3-2-5-4-13-17-8(5)7/h2-4H,1H3,(H2,12,14). The molecule has 1 aromatic carbocycles. The summed E-state index contributed by atoms with van der Waals surface area (Å²) < 4.78 is 17.6. The van der Waals surface area contributed by atoms with E-state index in [-0.39, 0.29) is 0 Å². The molecule has 18 heavy (non-hydrogen) atoms. The van der Waals surface area contributed by atoms with E-state index in [1.54, 1.807) is 12.5 Å². The van der Waals surface area contributed by atoms with Crippen LogP contribution < -0.4 is 5.73 Å². The van der Waals surface area contributed by atoms with Crippen molar-refractivity contribution in [2.45, 2.75) is 4.21 Å². The Kier molecular flexibility index (Phi) is 2.78. The van der Waals surface area contributed by atoms with Gasteiger partial charge in [0.15, 0.2) is 0 Å². The summed E-state index contributed by atoms with van der Waals surface area (Å²) in [7, 11) is 0. The van der Waals surface area contributed by atoms with E-state index in [1.807, 2.05) is 12.1 Å². The molecule has 3 rings (SSSR count). The molecule has 0 fully saturated rings. The zero-order valence-electron chi connectivity index (χ0n) is 9.30. The third-order valence-corrected chi connectivity index (χ3v) is 6.18. The van der Waals surface area contributed by atoms with Gasteiger partial charge in [-0.3, -0.25) is 4.79 Å². The highest BCUT2D eigenvalue weighted by atomic mass is 32.2. The maximum Gasteiger partial charge on any atom is 0.259 e. The minimum Gasteiger partial charge on any atom is -0.611 e. The van der Waals surface area contributed by atoms with Crippen LogP contribution in [0.4, 0.5) is 0 Å². The van der Waals surface area contributed by atoms with Crippen molar-refractivity contribution < 1.29 is 9.35 Å². The van der Waals surface area contributed by atoms with Gasteiger partial charge in [0, 0.05) is 17.0 Å². The van der Waals surface area contributed by atoms with Crippen molar-refractivity contribution in [3.63, 3.8) is 0 Å². The topological polar surface area (TPSA) is 79.0 Å². The summed E-state index contributed by atoms with van der Waals surface area (Å²) in [6, 6.07) is 3.75. The minimum atomic E-state index is -1.15. The van der Waals surface area contributed by atoms with Crippen LogP contribution in [0.25, 0.3) is 20.9 Å². The summed E-state index contributed by atoms with van der Waals surface area (Å²) in [6.45, 7) is 0. The average Bonchev–Trinajstić information content (AvgIpc) is 2.91. The van der Waals surface area contributed by atoms with Gasteiger partial charge in [-0.05, 0) is 22.7 Å². The highest BCUT2D eigenvalue weighted by Crippen LogP contribution is 2.40. The predicted molar refractivity (Wildman–Crippen MR) is 75.9 cm³/mol. The fourth-order valence-electron chi connectivity index (χ4n) is 1.91. The highest BCUT2D eigenvalue weighted by molar-refractivity contribution is 7.93. The van der Waals surface area contributed by atoms with Crippen LogP contribution in [-0.2, 0) is 11.2 Å². The molecule has 0 saturated heterocycles. The molecule has 4 nitrogen and oxygen atoms in total. The second kappa shape index (κ2) is 4.20. The Morgan fingerprint density at radius 1 is 1.50 bits per heavy atom. The Labute approximate surface area is 114 Å². The Morgan fingerprint density at radius 3 is 2.94 bits per heavy atom. The molecular weight excluding hydrogens is 288 g/mol. The molecule has 0 bridgehead atoms. The third kappa shape index (κ3) is 1.63. The van der Waals surface area contributed by atoms with Crippen LogP contribution >= 0.6 is 22.9 Å². The quantitative estimate of drug-likeness (QED) is 0.737. The molecule has 2 heterocycles. The van der Waals surface area contributed by atoms with Crippen molar-refractivity contribution >= 4 is 60.8 Å². The maximum absolute atomic E-state index is 11.8. The van der Waals surface area contributed by atoms with E-state index < -0.39 is 17.1 Å². The molecule has 3 aromatic rings. The summed E-state index contributed by atoms with van der Waals surface area (Å²) in [5.74, 6) is -0.481. The zero-order valence-corrected chi connectivity index (χ0v) is 11.7. The second-order valence-electron chi connectivity index (χ2n) is 3.77. The molecular formula is C11H8N2O2S3. The van der Waals surface area contributed by atoms with Crippen molar-refractivity contribution in [2.24, 2.45) is 5.73 Å². The number of nitrogens with two attached hydrogens (primary N) is 1. The van der Waals surface area contributed by atoms with Crippen molar-refractivity contribution in [1.29, 1.82) is 0 Å². The molecule has 1 amide bonds. The van der Waals surface area contributed by atoms with E-state index in [4.69, 9.17) is 5.73 Å². The Morgan fingerprint density at radius 2 is 2.28 bits per heavy atom. The van der Waals surface area contributed by atoms with Crippen LogP contribution in [0.2, 0.25) is 0 Å². The molecule has 92 valence electrons. The van der Waals surface area contributed by atoms with E-state index in [2.05, 4.69) is 4.37 Å². The van der Waals surface area contributed by atoms with Crippen molar-refractivity contribution in [1.82, 2.24) is 4.37 Å². The van der Waals surface area contributed by atoms with Crippen LogP contribution in [-0.4, -0.2) is 21.1 Å². The molecule has 7 heteroatoms. The van der Waals surface area contributed by atoms with Gasteiger partial charge in [-0.2, -0.15) is 4.37 Å². The lowest BCUT2D eigenvalue weighted by molar-refractivity contribution is 0.101. The smallest absolute Gasteiger partial charge is 0.259 e. The second-order valence-corrected chi connectivity index (χ2v) is 7.17. The lowest BCUT2D eigenvalue weighted by atomic mass is 10.1. The van der Waals surface area contributed by atoms with Crippen LogP contribution in [0.5, 0.6) is 0 Å². The molecule has 2 aromatic heterocycles. The van der Waals surface area contributed by atoms with Crippen molar-refractivity contribution in [3.8, 4) is 0 Å². The van der Waals surface area contributed by atoms with E-state index in [1.165, 1.54) is 22.9 Å². The van der Waals surface area contributed by atoms with Gasteiger partial charge < -0.3 is 10.3 Å².